The van der Waals surface area contributed by atoms with E-state index in [2.05, 4.69) is 32.7 Å². The Kier molecular flexibility index (Phi) is 4.50. The number of nitrogens with two attached hydrogens (primary N) is 1. The number of hydrogen-bond donors (Lipinski definition) is 1. The molecule has 0 aliphatic carbocycles. The maximum absolute atomic E-state index is 6.06. The monoisotopic (exact) mass is 341 g/mol. The number of piperidine rings is 1. The lowest BCUT2D eigenvalue weighted by Crippen LogP contribution is -2.60. The van der Waals surface area contributed by atoms with E-state index in [0.29, 0.717) is 18.6 Å². The van der Waals surface area contributed by atoms with Gasteiger partial charge in [0, 0.05) is 31.7 Å². The van der Waals surface area contributed by atoms with Crippen LogP contribution >= 0.6 is 15.9 Å². The predicted octanol–water partition coefficient (Wildman–Crippen LogP) is 2.60. The van der Waals surface area contributed by atoms with Gasteiger partial charge in [-0.3, -0.25) is 9.80 Å². The summed E-state index contributed by atoms with van der Waals surface area (Å²) in [5, 5.41) is 0. The summed E-state index contributed by atoms with van der Waals surface area (Å²) >= 11 is 3.58. The first-order valence-corrected chi connectivity index (χ1v) is 8.42. The highest BCUT2D eigenvalue weighted by atomic mass is 79.9. The number of furan rings is 1. The molecular weight excluding hydrogens is 318 g/mol. The van der Waals surface area contributed by atoms with E-state index in [9.17, 15) is 0 Å². The molecule has 112 valence electrons. The summed E-state index contributed by atoms with van der Waals surface area (Å²) in [5.74, 6) is 0.976. The summed E-state index contributed by atoms with van der Waals surface area (Å²) in [6.07, 6.45) is 5.78. The number of halogens is 1. The van der Waals surface area contributed by atoms with Crippen molar-refractivity contribution in [2.24, 2.45) is 5.73 Å². The van der Waals surface area contributed by atoms with Crippen LogP contribution in [0.3, 0.4) is 0 Å². The largest absolute Gasteiger partial charge is 0.466 e. The molecule has 3 rings (SSSR count). The van der Waals surface area contributed by atoms with Crippen molar-refractivity contribution in [3.8, 4) is 0 Å². The third-order valence-electron chi connectivity index (χ3n) is 4.81. The molecule has 0 saturated carbocycles. The molecule has 1 aromatic heterocycles. The zero-order valence-electron chi connectivity index (χ0n) is 12.1. The van der Waals surface area contributed by atoms with Crippen LogP contribution in [0.5, 0.6) is 0 Å². The van der Waals surface area contributed by atoms with Gasteiger partial charge in [-0.05, 0) is 48.3 Å². The predicted molar refractivity (Wildman–Crippen MR) is 83.6 cm³/mol. The van der Waals surface area contributed by atoms with Crippen LogP contribution in [-0.2, 0) is 0 Å². The average molecular weight is 342 g/mol. The van der Waals surface area contributed by atoms with E-state index in [1.165, 1.54) is 25.8 Å². The molecule has 4 nitrogen and oxygen atoms in total. The highest BCUT2D eigenvalue weighted by Gasteiger charge is 2.37. The van der Waals surface area contributed by atoms with E-state index in [0.717, 1.165) is 23.3 Å². The Bertz CT molecular complexity index is 450. The van der Waals surface area contributed by atoms with E-state index in [-0.39, 0.29) is 6.04 Å². The highest BCUT2D eigenvalue weighted by molar-refractivity contribution is 9.10. The second-order valence-electron chi connectivity index (χ2n) is 6.07. The van der Waals surface area contributed by atoms with E-state index in [1.807, 2.05) is 6.07 Å². The Labute approximate surface area is 129 Å². The van der Waals surface area contributed by atoms with Gasteiger partial charge in [0.15, 0.2) is 0 Å². The lowest BCUT2D eigenvalue weighted by molar-refractivity contribution is -0.0112. The van der Waals surface area contributed by atoms with Gasteiger partial charge in [-0.15, -0.1) is 0 Å². The molecule has 2 aliphatic rings. The van der Waals surface area contributed by atoms with Crippen molar-refractivity contribution in [3.05, 3.63) is 22.6 Å². The summed E-state index contributed by atoms with van der Waals surface area (Å²) in [6.45, 7) is 6.43. The first kappa shape index (κ1) is 14.6. The van der Waals surface area contributed by atoms with Crippen molar-refractivity contribution < 1.29 is 4.42 Å². The minimum Gasteiger partial charge on any atom is -0.466 e. The fraction of sp³-hybridized carbons (Fsp3) is 0.733. The summed E-state index contributed by atoms with van der Waals surface area (Å²) in [5.41, 5.74) is 6.06. The van der Waals surface area contributed by atoms with E-state index in [4.69, 9.17) is 10.2 Å². The molecule has 0 radical (unpaired) electrons. The second-order valence-corrected chi connectivity index (χ2v) is 6.93. The molecule has 3 unspecified atom stereocenters. The standard InChI is InChI=1S/C15H24BrN3O/c1-11-9-18-6-3-2-4-12(18)10-19(11)14(8-17)15-13(16)5-7-20-15/h5,7,11-12,14H,2-4,6,8-10,17H2,1H3. The molecule has 2 fully saturated rings. The molecule has 0 amide bonds. The lowest BCUT2D eigenvalue weighted by atomic mass is 9.95. The van der Waals surface area contributed by atoms with Crippen LogP contribution in [0, 0.1) is 0 Å². The van der Waals surface area contributed by atoms with Crippen LogP contribution in [0.4, 0.5) is 0 Å². The molecule has 3 heterocycles. The minimum absolute atomic E-state index is 0.179. The molecule has 2 saturated heterocycles. The van der Waals surface area contributed by atoms with Crippen molar-refractivity contribution in [1.82, 2.24) is 9.80 Å². The van der Waals surface area contributed by atoms with Gasteiger partial charge >= 0.3 is 0 Å². The molecule has 1 aromatic rings. The molecular formula is C15H24BrN3O. The zero-order chi connectivity index (χ0) is 14.1. The number of hydrogen-bond acceptors (Lipinski definition) is 4. The van der Waals surface area contributed by atoms with Gasteiger partial charge in [0.25, 0.3) is 0 Å². The first-order chi connectivity index (χ1) is 9.70. The van der Waals surface area contributed by atoms with Crippen molar-refractivity contribution in [2.75, 3.05) is 26.2 Å². The van der Waals surface area contributed by atoms with Gasteiger partial charge in [-0.25, -0.2) is 0 Å². The van der Waals surface area contributed by atoms with E-state index < -0.39 is 0 Å². The Balaban J connectivity index is 1.79. The first-order valence-electron chi connectivity index (χ1n) is 7.63. The van der Waals surface area contributed by atoms with Gasteiger partial charge in [0.05, 0.1) is 16.8 Å². The fourth-order valence-electron chi connectivity index (χ4n) is 3.75. The smallest absolute Gasteiger partial charge is 0.136 e. The van der Waals surface area contributed by atoms with Crippen molar-refractivity contribution in [1.29, 1.82) is 0 Å². The van der Waals surface area contributed by atoms with E-state index >= 15 is 0 Å². The SMILES string of the molecule is CC1CN2CCCCC2CN1C(CN)c1occc1Br. The molecule has 0 spiro atoms. The summed E-state index contributed by atoms with van der Waals surface area (Å²) in [7, 11) is 0. The molecule has 5 heteroatoms. The molecule has 2 N–H and O–H groups in total. The van der Waals surface area contributed by atoms with Crippen LogP contribution in [0.15, 0.2) is 21.2 Å². The quantitative estimate of drug-likeness (QED) is 0.917. The lowest BCUT2D eigenvalue weighted by Gasteiger charge is -2.49. The Morgan fingerprint density at radius 1 is 1.45 bits per heavy atom. The van der Waals surface area contributed by atoms with Crippen molar-refractivity contribution in [2.45, 2.75) is 44.3 Å². The minimum atomic E-state index is 0.179. The Hall–Kier alpha value is -0.360. The van der Waals surface area contributed by atoms with Crippen molar-refractivity contribution in [3.63, 3.8) is 0 Å². The van der Waals surface area contributed by atoms with Gasteiger partial charge in [-0.1, -0.05) is 6.42 Å². The van der Waals surface area contributed by atoms with E-state index in [1.54, 1.807) is 6.26 Å². The van der Waals surface area contributed by atoms with Gasteiger partial charge in [0.1, 0.15) is 5.76 Å². The second kappa shape index (κ2) is 6.18. The summed E-state index contributed by atoms with van der Waals surface area (Å²) in [6, 6.07) is 3.36. The number of nitrogens with zero attached hydrogens (tertiary/aromatic N) is 2. The number of fused-ring (bicyclic) bond motifs is 1. The maximum atomic E-state index is 6.06. The van der Waals surface area contributed by atoms with Gasteiger partial charge in [0.2, 0.25) is 0 Å². The zero-order valence-corrected chi connectivity index (χ0v) is 13.7. The fourth-order valence-corrected chi connectivity index (χ4v) is 4.21. The van der Waals surface area contributed by atoms with Gasteiger partial charge in [-0.2, -0.15) is 0 Å². The number of rotatable bonds is 3. The molecule has 0 bridgehead atoms. The van der Waals surface area contributed by atoms with Crippen LogP contribution in [0.25, 0.3) is 0 Å². The third-order valence-corrected chi connectivity index (χ3v) is 5.46. The van der Waals surface area contributed by atoms with Crippen LogP contribution in [0.2, 0.25) is 0 Å². The summed E-state index contributed by atoms with van der Waals surface area (Å²) in [4.78, 5) is 5.20. The van der Waals surface area contributed by atoms with Crippen molar-refractivity contribution >= 4 is 15.9 Å². The van der Waals surface area contributed by atoms with Crippen LogP contribution < -0.4 is 5.73 Å². The van der Waals surface area contributed by atoms with Crippen LogP contribution in [-0.4, -0.2) is 48.1 Å². The van der Waals surface area contributed by atoms with Gasteiger partial charge < -0.3 is 10.2 Å². The summed E-state index contributed by atoms with van der Waals surface area (Å²) < 4.78 is 6.71. The molecule has 2 aliphatic heterocycles. The Morgan fingerprint density at radius 3 is 3.00 bits per heavy atom. The molecule has 20 heavy (non-hydrogen) atoms. The Morgan fingerprint density at radius 2 is 2.30 bits per heavy atom. The topological polar surface area (TPSA) is 45.6 Å². The molecule has 0 aromatic carbocycles. The average Bonchev–Trinajstić information content (AvgIpc) is 2.87. The third kappa shape index (κ3) is 2.69. The molecule has 3 atom stereocenters. The van der Waals surface area contributed by atoms with Crippen LogP contribution in [0.1, 0.15) is 38.0 Å². The normalized spacial score (nSPS) is 30.1. The maximum Gasteiger partial charge on any atom is 0.136 e. The highest BCUT2D eigenvalue weighted by Crippen LogP contribution is 2.33. The number of piperazine rings is 1.